The molecule has 0 radical (unpaired) electrons. The second-order valence-corrected chi connectivity index (χ2v) is 6.20. The summed E-state index contributed by atoms with van der Waals surface area (Å²) < 4.78 is 25.3. The summed E-state index contributed by atoms with van der Waals surface area (Å²) in [5.41, 5.74) is 0.645. The van der Waals surface area contributed by atoms with Gasteiger partial charge in [0, 0.05) is 20.1 Å². The van der Waals surface area contributed by atoms with E-state index in [0.717, 1.165) is 0 Å². The first-order valence-corrected chi connectivity index (χ1v) is 6.58. The highest BCUT2D eigenvalue weighted by Gasteiger charge is 2.20. The van der Waals surface area contributed by atoms with Crippen molar-refractivity contribution < 1.29 is 8.42 Å². The molecule has 4 nitrogen and oxygen atoms in total. The van der Waals surface area contributed by atoms with E-state index in [-0.39, 0.29) is 6.04 Å². The molecule has 0 fully saturated rings. The SMILES string of the molecule is CC(C)Nc1ccccc1S(=O)(=O)N(C)C. The van der Waals surface area contributed by atoms with Crippen molar-refractivity contribution in [3.63, 3.8) is 0 Å². The molecule has 0 atom stereocenters. The number of hydrogen-bond acceptors (Lipinski definition) is 3. The van der Waals surface area contributed by atoms with Gasteiger partial charge in [-0.2, -0.15) is 0 Å². The Morgan fingerprint density at radius 1 is 1.19 bits per heavy atom. The van der Waals surface area contributed by atoms with Crippen molar-refractivity contribution in [2.45, 2.75) is 24.8 Å². The van der Waals surface area contributed by atoms with Gasteiger partial charge in [0.2, 0.25) is 10.0 Å². The molecule has 16 heavy (non-hydrogen) atoms. The second kappa shape index (κ2) is 4.84. The average Bonchev–Trinajstić information content (AvgIpc) is 2.17. The summed E-state index contributed by atoms with van der Waals surface area (Å²) in [7, 11) is -0.324. The molecule has 0 saturated carbocycles. The average molecular weight is 242 g/mol. The zero-order chi connectivity index (χ0) is 12.3. The summed E-state index contributed by atoms with van der Waals surface area (Å²) in [6, 6.07) is 7.12. The van der Waals surface area contributed by atoms with Crippen molar-refractivity contribution >= 4 is 15.7 Å². The van der Waals surface area contributed by atoms with Crippen molar-refractivity contribution in [2.24, 2.45) is 0 Å². The maximum absolute atomic E-state index is 12.0. The van der Waals surface area contributed by atoms with Crippen LogP contribution in [0.2, 0.25) is 0 Å². The van der Waals surface area contributed by atoms with Gasteiger partial charge >= 0.3 is 0 Å². The van der Waals surface area contributed by atoms with Gasteiger partial charge in [0.1, 0.15) is 4.90 Å². The Morgan fingerprint density at radius 3 is 2.25 bits per heavy atom. The van der Waals surface area contributed by atoms with Gasteiger partial charge in [-0.1, -0.05) is 12.1 Å². The lowest BCUT2D eigenvalue weighted by atomic mass is 10.3. The highest BCUT2D eigenvalue weighted by atomic mass is 32.2. The Hall–Kier alpha value is -1.07. The molecule has 0 aromatic heterocycles. The largest absolute Gasteiger partial charge is 0.382 e. The van der Waals surface area contributed by atoms with Crippen molar-refractivity contribution in [1.82, 2.24) is 4.31 Å². The van der Waals surface area contributed by atoms with Crippen molar-refractivity contribution in [3.05, 3.63) is 24.3 Å². The highest BCUT2D eigenvalue weighted by Crippen LogP contribution is 2.23. The van der Waals surface area contributed by atoms with Crippen LogP contribution >= 0.6 is 0 Å². The second-order valence-electron chi connectivity index (χ2n) is 4.08. The molecule has 0 bridgehead atoms. The molecule has 5 heteroatoms. The van der Waals surface area contributed by atoms with Crippen LogP contribution in [-0.2, 0) is 10.0 Å². The Labute approximate surface area is 97.3 Å². The first-order chi connectivity index (χ1) is 7.35. The Morgan fingerprint density at radius 2 is 1.75 bits per heavy atom. The van der Waals surface area contributed by atoms with E-state index in [9.17, 15) is 8.42 Å². The monoisotopic (exact) mass is 242 g/mol. The number of nitrogens with zero attached hydrogens (tertiary/aromatic N) is 1. The van der Waals surface area contributed by atoms with E-state index in [1.165, 1.54) is 18.4 Å². The minimum Gasteiger partial charge on any atom is -0.382 e. The predicted molar refractivity (Wildman–Crippen MR) is 66.1 cm³/mol. The first-order valence-electron chi connectivity index (χ1n) is 5.14. The van der Waals surface area contributed by atoms with E-state index in [4.69, 9.17) is 0 Å². The van der Waals surface area contributed by atoms with Crippen LogP contribution in [0.4, 0.5) is 5.69 Å². The Balaban J connectivity index is 3.24. The van der Waals surface area contributed by atoms with Crippen molar-refractivity contribution in [2.75, 3.05) is 19.4 Å². The topological polar surface area (TPSA) is 49.4 Å². The molecule has 0 heterocycles. The molecule has 1 aromatic rings. The lowest BCUT2D eigenvalue weighted by molar-refractivity contribution is 0.521. The van der Waals surface area contributed by atoms with E-state index < -0.39 is 10.0 Å². The summed E-state index contributed by atoms with van der Waals surface area (Å²) in [4.78, 5) is 0.314. The lowest BCUT2D eigenvalue weighted by Crippen LogP contribution is -2.24. The third-order valence-corrected chi connectivity index (χ3v) is 3.96. The molecular weight excluding hydrogens is 224 g/mol. The number of sulfonamides is 1. The fraction of sp³-hybridized carbons (Fsp3) is 0.455. The molecule has 0 saturated heterocycles. The minimum absolute atomic E-state index is 0.193. The molecule has 1 aromatic carbocycles. The molecule has 0 aliphatic heterocycles. The van der Waals surface area contributed by atoms with Gasteiger partial charge in [-0.05, 0) is 26.0 Å². The number of anilines is 1. The smallest absolute Gasteiger partial charge is 0.244 e. The van der Waals surface area contributed by atoms with Gasteiger partial charge in [-0.3, -0.25) is 0 Å². The van der Waals surface area contributed by atoms with Crippen LogP contribution in [0.3, 0.4) is 0 Å². The minimum atomic E-state index is -3.38. The molecule has 0 amide bonds. The van der Waals surface area contributed by atoms with Crippen LogP contribution in [-0.4, -0.2) is 32.9 Å². The van der Waals surface area contributed by atoms with Crippen LogP contribution in [0.1, 0.15) is 13.8 Å². The normalized spacial score (nSPS) is 12.1. The van der Waals surface area contributed by atoms with Gasteiger partial charge in [0.05, 0.1) is 5.69 Å². The van der Waals surface area contributed by atoms with Gasteiger partial charge in [-0.15, -0.1) is 0 Å². The molecule has 1 N–H and O–H groups in total. The molecule has 90 valence electrons. The van der Waals surface area contributed by atoms with E-state index in [2.05, 4.69) is 5.32 Å². The predicted octanol–water partition coefficient (Wildman–Crippen LogP) is 1.76. The lowest BCUT2D eigenvalue weighted by Gasteiger charge is -2.17. The molecule has 0 unspecified atom stereocenters. The third kappa shape index (κ3) is 2.74. The molecular formula is C11H18N2O2S. The maximum atomic E-state index is 12.0. The summed E-state index contributed by atoms with van der Waals surface area (Å²) in [6.45, 7) is 3.94. The standard InChI is InChI=1S/C11H18N2O2S/c1-9(2)12-10-7-5-6-8-11(10)16(14,15)13(3)4/h5-9,12H,1-4H3. The number of para-hydroxylation sites is 1. The summed E-state index contributed by atoms with van der Waals surface area (Å²) in [5.74, 6) is 0. The fourth-order valence-electron chi connectivity index (χ4n) is 1.32. The summed E-state index contributed by atoms with van der Waals surface area (Å²) in [6.07, 6.45) is 0. The van der Waals surface area contributed by atoms with Crippen LogP contribution in [0.25, 0.3) is 0 Å². The Kier molecular flexibility index (Phi) is 3.93. The molecule has 0 aliphatic carbocycles. The van der Waals surface area contributed by atoms with Crippen LogP contribution in [0.5, 0.6) is 0 Å². The number of benzene rings is 1. The third-order valence-electron chi connectivity index (χ3n) is 2.09. The number of rotatable bonds is 4. The molecule has 1 rings (SSSR count). The van der Waals surface area contributed by atoms with E-state index in [1.54, 1.807) is 18.2 Å². The van der Waals surface area contributed by atoms with Gasteiger partial charge < -0.3 is 5.32 Å². The van der Waals surface area contributed by atoms with Crippen LogP contribution < -0.4 is 5.32 Å². The van der Waals surface area contributed by atoms with E-state index in [1.807, 2.05) is 19.9 Å². The zero-order valence-electron chi connectivity index (χ0n) is 10.1. The zero-order valence-corrected chi connectivity index (χ0v) is 10.9. The Bertz CT molecular complexity index is 453. The summed E-state index contributed by atoms with van der Waals surface area (Å²) in [5, 5.41) is 3.13. The quantitative estimate of drug-likeness (QED) is 0.875. The number of hydrogen-bond donors (Lipinski definition) is 1. The fourth-order valence-corrected chi connectivity index (χ4v) is 2.37. The molecule has 0 spiro atoms. The van der Waals surface area contributed by atoms with Gasteiger partial charge in [0.15, 0.2) is 0 Å². The summed E-state index contributed by atoms with van der Waals surface area (Å²) >= 11 is 0. The van der Waals surface area contributed by atoms with E-state index in [0.29, 0.717) is 10.6 Å². The number of nitrogens with one attached hydrogen (secondary N) is 1. The van der Waals surface area contributed by atoms with Crippen molar-refractivity contribution in [3.8, 4) is 0 Å². The van der Waals surface area contributed by atoms with Gasteiger partial charge in [0.25, 0.3) is 0 Å². The maximum Gasteiger partial charge on any atom is 0.244 e. The highest BCUT2D eigenvalue weighted by molar-refractivity contribution is 7.89. The van der Waals surface area contributed by atoms with Crippen LogP contribution in [0, 0.1) is 0 Å². The first kappa shape index (κ1) is 13.0. The van der Waals surface area contributed by atoms with Gasteiger partial charge in [-0.25, -0.2) is 12.7 Å². The van der Waals surface area contributed by atoms with Crippen molar-refractivity contribution in [1.29, 1.82) is 0 Å². The van der Waals surface area contributed by atoms with Crippen LogP contribution in [0.15, 0.2) is 29.2 Å². The molecule has 0 aliphatic rings. The van der Waals surface area contributed by atoms with E-state index >= 15 is 0 Å².